The van der Waals surface area contributed by atoms with Gasteiger partial charge >= 0.3 is 0 Å². The molecule has 0 saturated heterocycles. The number of benzene rings is 2. The van der Waals surface area contributed by atoms with E-state index in [1.54, 1.807) is 6.07 Å². The number of fused-ring (bicyclic) bond motifs is 1. The molecule has 0 aliphatic heterocycles. The van der Waals surface area contributed by atoms with Crippen molar-refractivity contribution in [3.8, 4) is 11.3 Å². The number of para-hydroxylation sites is 1. The highest BCUT2D eigenvalue weighted by Gasteiger charge is 2.12. The third-order valence-electron chi connectivity index (χ3n) is 3.03. The van der Waals surface area contributed by atoms with Crippen LogP contribution in [0.5, 0.6) is 0 Å². The van der Waals surface area contributed by atoms with Crippen molar-refractivity contribution in [1.82, 2.24) is 4.98 Å². The highest BCUT2D eigenvalue weighted by atomic mass is 79.9. The van der Waals surface area contributed by atoms with Crippen LogP contribution in [0.15, 0.2) is 62.7 Å². The molecular formula is C15H10BrNOS. The molecule has 0 aliphatic carbocycles. The first-order chi connectivity index (χ1) is 9.18. The number of H-pyrrole nitrogens is 1. The van der Waals surface area contributed by atoms with Crippen molar-refractivity contribution in [2.24, 2.45) is 0 Å². The summed E-state index contributed by atoms with van der Waals surface area (Å²) in [6.07, 6.45) is 0. The highest BCUT2D eigenvalue weighted by Crippen LogP contribution is 2.30. The van der Waals surface area contributed by atoms with Gasteiger partial charge in [0.15, 0.2) is 0 Å². The molecule has 94 valence electrons. The van der Waals surface area contributed by atoms with E-state index >= 15 is 0 Å². The quantitative estimate of drug-likeness (QED) is 0.642. The number of rotatable bonds is 1. The second-order valence-electron chi connectivity index (χ2n) is 4.20. The largest absolute Gasteiger partial charge is 0.353 e. The summed E-state index contributed by atoms with van der Waals surface area (Å²) in [4.78, 5) is 16.0. The smallest absolute Gasteiger partial charge is 0.203 e. The van der Waals surface area contributed by atoms with E-state index in [1.165, 1.54) is 0 Å². The molecule has 0 bridgehead atoms. The van der Waals surface area contributed by atoms with E-state index in [2.05, 4.69) is 33.5 Å². The summed E-state index contributed by atoms with van der Waals surface area (Å²) in [6, 6.07) is 15.2. The Balaban J connectivity index is 2.40. The van der Waals surface area contributed by atoms with Gasteiger partial charge in [-0.3, -0.25) is 4.79 Å². The first kappa shape index (κ1) is 12.5. The van der Waals surface area contributed by atoms with Crippen LogP contribution >= 0.6 is 28.6 Å². The molecule has 1 aromatic heterocycles. The third kappa shape index (κ3) is 2.11. The zero-order chi connectivity index (χ0) is 13.4. The van der Waals surface area contributed by atoms with Crippen LogP contribution in [0.1, 0.15) is 0 Å². The third-order valence-corrected chi connectivity index (χ3v) is 4.14. The van der Waals surface area contributed by atoms with Gasteiger partial charge in [-0.25, -0.2) is 0 Å². The van der Waals surface area contributed by atoms with Crippen molar-refractivity contribution in [3.05, 3.63) is 63.2 Å². The molecular weight excluding hydrogens is 322 g/mol. The normalized spacial score (nSPS) is 10.8. The minimum absolute atomic E-state index is 0.0524. The van der Waals surface area contributed by atoms with E-state index in [0.29, 0.717) is 10.3 Å². The van der Waals surface area contributed by atoms with Crippen molar-refractivity contribution in [1.29, 1.82) is 0 Å². The van der Waals surface area contributed by atoms with E-state index in [4.69, 9.17) is 0 Å². The average Bonchev–Trinajstić information content (AvgIpc) is 2.44. The Morgan fingerprint density at radius 3 is 2.47 bits per heavy atom. The maximum atomic E-state index is 12.3. The maximum absolute atomic E-state index is 12.3. The van der Waals surface area contributed by atoms with Gasteiger partial charge in [-0.1, -0.05) is 46.3 Å². The van der Waals surface area contributed by atoms with Gasteiger partial charge in [-0.05, 0) is 18.2 Å². The minimum atomic E-state index is -0.0524. The topological polar surface area (TPSA) is 32.9 Å². The second kappa shape index (κ2) is 4.87. The maximum Gasteiger partial charge on any atom is 0.203 e. The van der Waals surface area contributed by atoms with Crippen LogP contribution < -0.4 is 5.43 Å². The first-order valence-electron chi connectivity index (χ1n) is 5.77. The predicted octanol–water partition coefficient (Wildman–Crippen LogP) is 4.25. The molecule has 2 nitrogen and oxygen atoms in total. The van der Waals surface area contributed by atoms with E-state index in [-0.39, 0.29) is 5.43 Å². The number of nitrogens with one attached hydrogen (secondary N) is 1. The lowest BCUT2D eigenvalue weighted by Crippen LogP contribution is -2.07. The summed E-state index contributed by atoms with van der Waals surface area (Å²) < 4.78 is 0.927. The molecule has 1 heterocycles. The number of aromatic amines is 1. The zero-order valence-electron chi connectivity index (χ0n) is 9.85. The Bertz CT molecular complexity index is 826. The summed E-state index contributed by atoms with van der Waals surface area (Å²) in [5, 5.41) is 0.656. The molecule has 19 heavy (non-hydrogen) atoms. The van der Waals surface area contributed by atoms with Crippen LogP contribution in [-0.2, 0) is 0 Å². The van der Waals surface area contributed by atoms with Crippen molar-refractivity contribution >= 4 is 39.5 Å². The highest BCUT2D eigenvalue weighted by molar-refractivity contribution is 9.10. The van der Waals surface area contributed by atoms with Gasteiger partial charge in [0.05, 0.1) is 10.6 Å². The molecule has 3 aromatic rings. The molecule has 0 amide bonds. The SMILES string of the molecule is O=c1c(S)c(-c2ccccc2Br)[nH]c2ccccc12. The summed E-state index contributed by atoms with van der Waals surface area (Å²) in [7, 11) is 0. The Labute approximate surface area is 124 Å². The molecule has 0 radical (unpaired) electrons. The molecule has 1 N–H and O–H groups in total. The van der Waals surface area contributed by atoms with Gasteiger partial charge in [-0.15, -0.1) is 12.6 Å². The molecule has 2 aromatic carbocycles. The zero-order valence-corrected chi connectivity index (χ0v) is 12.3. The predicted molar refractivity (Wildman–Crippen MR) is 85.0 cm³/mol. The van der Waals surface area contributed by atoms with Gasteiger partial charge in [-0.2, -0.15) is 0 Å². The Kier molecular flexibility index (Phi) is 3.21. The first-order valence-corrected chi connectivity index (χ1v) is 7.01. The van der Waals surface area contributed by atoms with E-state index < -0.39 is 0 Å². The van der Waals surface area contributed by atoms with Crippen molar-refractivity contribution in [3.63, 3.8) is 0 Å². The van der Waals surface area contributed by atoms with Gasteiger partial charge in [0, 0.05) is 20.9 Å². The number of thiol groups is 1. The molecule has 4 heteroatoms. The van der Waals surface area contributed by atoms with Crippen LogP contribution in [0.4, 0.5) is 0 Å². The summed E-state index contributed by atoms with van der Waals surface area (Å²) in [6.45, 7) is 0. The Morgan fingerprint density at radius 1 is 1.00 bits per heavy atom. The fourth-order valence-electron chi connectivity index (χ4n) is 2.08. The summed E-state index contributed by atoms with van der Waals surface area (Å²) in [5.41, 5.74) is 2.43. The lowest BCUT2D eigenvalue weighted by Gasteiger charge is -2.09. The van der Waals surface area contributed by atoms with Crippen molar-refractivity contribution in [2.75, 3.05) is 0 Å². The summed E-state index contributed by atoms with van der Waals surface area (Å²) >= 11 is 7.88. The van der Waals surface area contributed by atoms with Crippen LogP contribution in [0.2, 0.25) is 0 Å². The van der Waals surface area contributed by atoms with Crippen LogP contribution in [0, 0.1) is 0 Å². The fourth-order valence-corrected chi connectivity index (χ4v) is 2.86. The number of hydrogen-bond donors (Lipinski definition) is 2. The van der Waals surface area contributed by atoms with Crippen LogP contribution in [-0.4, -0.2) is 4.98 Å². The molecule has 0 fully saturated rings. The standard InChI is InChI=1S/C15H10BrNOS/c16-11-7-3-1-5-9(11)13-15(19)14(18)10-6-2-4-8-12(10)17-13/h1-8,19H,(H,17,18). The van der Waals surface area contributed by atoms with Crippen LogP contribution in [0.3, 0.4) is 0 Å². The Hall–Kier alpha value is -1.52. The molecule has 0 saturated carbocycles. The number of hydrogen-bond acceptors (Lipinski definition) is 2. The van der Waals surface area contributed by atoms with E-state index in [9.17, 15) is 4.79 Å². The monoisotopic (exact) mass is 331 g/mol. The van der Waals surface area contributed by atoms with Gasteiger partial charge in [0.2, 0.25) is 5.43 Å². The fraction of sp³-hybridized carbons (Fsp3) is 0. The Morgan fingerprint density at radius 2 is 1.68 bits per heavy atom. The molecule has 0 aliphatic rings. The molecule has 0 spiro atoms. The minimum Gasteiger partial charge on any atom is -0.353 e. The molecule has 0 unspecified atom stereocenters. The van der Waals surface area contributed by atoms with Gasteiger partial charge in [0.1, 0.15) is 0 Å². The number of aromatic nitrogens is 1. The lowest BCUT2D eigenvalue weighted by molar-refractivity contribution is 1.27. The van der Waals surface area contributed by atoms with Crippen molar-refractivity contribution in [2.45, 2.75) is 4.90 Å². The molecule has 0 atom stereocenters. The van der Waals surface area contributed by atoms with E-state index in [0.717, 1.165) is 21.2 Å². The average molecular weight is 332 g/mol. The lowest BCUT2D eigenvalue weighted by atomic mass is 10.1. The number of halogens is 1. The number of pyridine rings is 1. The summed E-state index contributed by atoms with van der Waals surface area (Å²) in [5.74, 6) is 0. The van der Waals surface area contributed by atoms with Gasteiger partial charge < -0.3 is 4.98 Å². The molecule has 3 rings (SSSR count). The second-order valence-corrected chi connectivity index (χ2v) is 5.50. The van der Waals surface area contributed by atoms with Crippen LogP contribution in [0.25, 0.3) is 22.2 Å². The van der Waals surface area contributed by atoms with E-state index in [1.807, 2.05) is 42.5 Å². The van der Waals surface area contributed by atoms with Gasteiger partial charge in [0.25, 0.3) is 0 Å². The van der Waals surface area contributed by atoms with Crippen molar-refractivity contribution < 1.29 is 0 Å².